The lowest BCUT2D eigenvalue weighted by Crippen LogP contribution is -2.05. The summed E-state index contributed by atoms with van der Waals surface area (Å²) in [5.41, 5.74) is 13.2. The number of aliphatic hydroxyl groups excluding tert-OH is 1. The number of hydrogen-bond donors (Lipinski definition) is 3. The zero-order valence-electron chi connectivity index (χ0n) is 8.74. The van der Waals surface area contributed by atoms with E-state index < -0.39 is 0 Å². The zero-order valence-corrected chi connectivity index (χ0v) is 8.74. The molecule has 0 bridgehead atoms. The lowest BCUT2D eigenvalue weighted by molar-refractivity contribution is 0.295. The van der Waals surface area contributed by atoms with Crippen LogP contribution in [0.15, 0.2) is 24.3 Å². The van der Waals surface area contributed by atoms with E-state index in [-0.39, 0.29) is 0 Å². The van der Waals surface area contributed by atoms with Crippen molar-refractivity contribution in [1.82, 2.24) is 0 Å². The van der Waals surface area contributed by atoms with E-state index >= 15 is 0 Å². The molecule has 0 spiro atoms. The van der Waals surface area contributed by atoms with Crippen LogP contribution in [-0.2, 0) is 13.1 Å². The first-order valence-electron chi connectivity index (χ1n) is 4.87. The van der Waals surface area contributed by atoms with Gasteiger partial charge in [0.1, 0.15) is 0 Å². The number of aliphatic hydroxyl groups is 1. The first kappa shape index (κ1) is 13.1. The second-order valence-electron chi connectivity index (χ2n) is 2.90. The molecule has 1 aromatic carbocycles. The van der Waals surface area contributed by atoms with Crippen molar-refractivity contribution in [3.8, 4) is 0 Å². The normalized spacial score (nSPS) is 9.14. The molecule has 0 fully saturated rings. The fraction of sp³-hybridized carbons (Fsp3) is 0.455. The Morgan fingerprint density at radius 3 is 1.64 bits per heavy atom. The van der Waals surface area contributed by atoms with Crippen LogP contribution in [0.3, 0.4) is 0 Å². The lowest BCUT2D eigenvalue weighted by Gasteiger charge is -2.02. The monoisotopic (exact) mass is 196 g/mol. The third-order valence-electron chi connectivity index (χ3n) is 1.78. The lowest BCUT2D eigenvalue weighted by atomic mass is 10.1. The average molecular weight is 196 g/mol. The molecular formula is C11H20N2O. The number of rotatable bonds is 3. The summed E-state index contributed by atoms with van der Waals surface area (Å²) in [5.74, 6) is 0. The van der Waals surface area contributed by atoms with E-state index in [0.29, 0.717) is 19.7 Å². The summed E-state index contributed by atoms with van der Waals surface area (Å²) >= 11 is 0. The van der Waals surface area contributed by atoms with Crippen molar-refractivity contribution in [2.75, 3.05) is 6.61 Å². The van der Waals surface area contributed by atoms with Gasteiger partial charge in [-0.25, -0.2) is 0 Å². The minimum Gasteiger partial charge on any atom is -0.396 e. The second kappa shape index (κ2) is 8.69. The highest BCUT2D eigenvalue weighted by Crippen LogP contribution is 2.05. The molecule has 0 aliphatic heterocycles. The minimum atomic E-state index is 0.319. The Bertz CT molecular complexity index is 213. The highest BCUT2D eigenvalue weighted by atomic mass is 16.2. The van der Waals surface area contributed by atoms with Crippen LogP contribution < -0.4 is 11.5 Å². The third-order valence-corrected chi connectivity index (χ3v) is 1.78. The van der Waals surface area contributed by atoms with Gasteiger partial charge in [0, 0.05) is 19.7 Å². The predicted octanol–water partition coefficient (Wildman–Crippen LogP) is 0.993. The van der Waals surface area contributed by atoms with Crippen molar-refractivity contribution < 1.29 is 5.11 Å². The highest BCUT2D eigenvalue weighted by Gasteiger charge is 1.94. The van der Waals surface area contributed by atoms with E-state index in [1.807, 2.05) is 31.2 Å². The molecule has 0 aliphatic rings. The Labute approximate surface area is 85.7 Å². The summed E-state index contributed by atoms with van der Waals surface area (Å²) in [6, 6.07) is 7.95. The van der Waals surface area contributed by atoms with Crippen LogP contribution in [0.5, 0.6) is 0 Å². The van der Waals surface area contributed by atoms with E-state index in [1.54, 1.807) is 0 Å². The summed E-state index contributed by atoms with van der Waals surface area (Å²) < 4.78 is 0. The molecule has 80 valence electrons. The first-order chi connectivity index (χ1) is 6.79. The van der Waals surface area contributed by atoms with Gasteiger partial charge in [-0.3, -0.25) is 0 Å². The van der Waals surface area contributed by atoms with Crippen molar-refractivity contribution in [2.45, 2.75) is 26.4 Å². The largest absolute Gasteiger partial charge is 0.396 e. The van der Waals surface area contributed by atoms with Crippen LogP contribution >= 0.6 is 0 Å². The Hall–Kier alpha value is -0.900. The summed E-state index contributed by atoms with van der Waals surface area (Å²) in [4.78, 5) is 0. The van der Waals surface area contributed by atoms with Crippen molar-refractivity contribution in [3.63, 3.8) is 0 Å². The van der Waals surface area contributed by atoms with Gasteiger partial charge >= 0.3 is 0 Å². The smallest absolute Gasteiger partial charge is 0.0428 e. The summed E-state index contributed by atoms with van der Waals surface area (Å²) in [5, 5.41) is 7.88. The van der Waals surface area contributed by atoms with Crippen LogP contribution in [0.1, 0.15) is 24.5 Å². The molecular weight excluding hydrogens is 176 g/mol. The molecule has 14 heavy (non-hydrogen) atoms. The molecule has 3 nitrogen and oxygen atoms in total. The topological polar surface area (TPSA) is 72.3 Å². The van der Waals surface area contributed by atoms with Crippen LogP contribution in [0.4, 0.5) is 0 Å². The van der Waals surface area contributed by atoms with Gasteiger partial charge in [-0.15, -0.1) is 0 Å². The summed E-state index contributed by atoms with van der Waals surface area (Å²) in [7, 11) is 0. The molecule has 0 unspecified atom stereocenters. The van der Waals surface area contributed by atoms with E-state index in [9.17, 15) is 0 Å². The molecule has 3 heteroatoms. The maximum absolute atomic E-state index is 7.88. The van der Waals surface area contributed by atoms with Crippen LogP contribution in [0.2, 0.25) is 0 Å². The average Bonchev–Trinajstić information content (AvgIpc) is 2.29. The van der Waals surface area contributed by atoms with E-state index in [4.69, 9.17) is 16.6 Å². The molecule has 0 radical (unpaired) electrons. The molecule has 0 saturated carbocycles. The minimum absolute atomic E-state index is 0.319. The molecule has 0 saturated heterocycles. The van der Waals surface area contributed by atoms with Crippen LogP contribution in [0, 0.1) is 0 Å². The molecule has 1 rings (SSSR count). The SMILES string of the molecule is CCCO.NCc1ccccc1CN. The molecule has 0 aliphatic carbocycles. The van der Waals surface area contributed by atoms with Crippen molar-refractivity contribution in [3.05, 3.63) is 35.4 Å². The second-order valence-corrected chi connectivity index (χ2v) is 2.90. The van der Waals surface area contributed by atoms with E-state index in [2.05, 4.69) is 0 Å². The number of nitrogens with two attached hydrogens (primary N) is 2. The first-order valence-corrected chi connectivity index (χ1v) is 4.87. The zero-order chi connectivity index (χ0) is 10.8. The predicted molar refractivity (Wildman–Crippen MR) is 59.6 cm³/mol. The van der Waals surface area contributed by atoms with Gasteiger partial charge in [-0.2, -0.15) is 0 Å². The van der Waals surface area contributed by atoms with Crippen molar-refractivity contribution in [1.29, 1.82) is 0 Å². The van der Waals surface area contributed by atoms with Gasteiger partial charge < -0.3 is 16.6 Å². The maximum Gasteiger partial charge on any atom is 0.0428 e. The van der Waals surface area contributed by atoms with Gasteiger partial charge in [0.15, 0.2) is 0 Å². The Balaban J connectivity index is 0.000000364. The molecule has 0 amide bonds. The fourth-order valence-electron chi connectivity index (χ4n) is 0.956. The Morgan fingerprint density at radius 1 is 1.07 bits per heavy atom. The van der Waals surface area contributed by atoms with Gasteiger partial charge in [0.05, 0.1) is 0 Å². The standard InChI is InChI=1S/C8H12N2.C3H8O/c9-5-7-3-1-2-4-8(7)6-10;1-2-3-4/h1-4H,5-6,9-10H2;4H,2-3H2,1H3. The van der Waals surface area contributed by atoms with Crippen LogP contribution in [-0.4, -0.2) is 11.7 Å². The van der Waals surface area contributed by atoms with E-state index in [1.165, 1.54) is 0 Å². The molecule has 0 aromatic heterocycles. The highest BCUT2D eigenvalue weighted by molar-refractivity contribution is 5.26. The van der Waals surface area contributed by atoms with Gasteiger partial charge in [0.25, 0.3) is 0 Å². The van der Waals surface area contributed by atoms with Crippen LogP contribution in [0.25, 0.3) is 0 Å². The summed E-state index contributed by atoms with van der Waals surface area (Å²) in [6.45, 7) is 3.40. The molecule has 0 heterocycles. The maximum atomic E-state index is 7.88. The third kappa shape index (κ3) is 4.97. The molecule has 0 atom stereocenters. The summed E-state index contributed by atoms with van der Waals surface area (Å²) in [6.07, 6.45) is 0.875. The van der Waals surface area contributed by atoms with Crippen molar-refractivity contribution >= 4 is 0 Å². The Morgan fingerprint density at radius 2 is 1.43 bits per heavy atom. The Kier molecular flexibility index (Phi) is 8.13. The van der Waals surface area contributed by atoms with Gasteiger partial charge in [-0.05, 0) is 17.5 Å². The van der Waals surface area contributed by atoms with Gasteiger partial charge in [-0.1, -0.05) is 31.2 Å². The number of benzene rings is 1. The van der Waals surface area contributed by atoms with E-state index in [0.717, 1.165) is 17.5 Å². The number of hydrogen-bond acceptors (Lipinski definition) is 3. The fourth-order valence-corrected chi connectivity index (χ4v) is 0.956. The molecule has 1 aromatic rings. The van der Waals surface area contributed by atoms with Crippen molar-refractivity contribution in [2.24, 2.45) is 11.5 Å². The molecule has 5 N–H and O–H groups in total. The quantitative estimate of drug-likeness (QED) is 0.675. The van der Waals surface area contributed by atoms with Gasteiger partial charge in [0.2, 0.25) is 0 Å².